The predicted octanol–water partition coefficient (Wildman–Crippen LogP) is 3.07. The molecule has 0 unspecified atom stereocenters. The molecule has 3 nitrogen and oxygen atoms in total. The average molecular weight is 258 g/mol. The second-order valence-corrected chi connectivity index (χ2v) is 4.77. The van der Waals surface area contributed by atoms with Crippen molar-refractivity contribution in [3.8, 4) is 0 Å². The van der Waals surface area contributed by atoms with Crippen LogP contribution in [0.5, 0.6) is 0 Å². The second-order valence-electron chi connectivity index (χ2n) is 3.76. The molecule has 3 N–H and O–H groups in total. The maximum Gasteiger partial charge on any atom is 0.171 e. The zero-order valence-corrected chi connectivity index (χ0v) is 10.6. The first-order valence-electron chi connectivity index (χ1n) is 5.55. The van der Waals surface area contributed by atoms with Crippen molar-refractivity contribution in [3.63, 3.8) is 0 Å². The molecule has 0 aromatic heterocycles. The van der Waals surface area contributed by atoms with Crippen molar-refractivity contribution in [3.05, 3.63) is 65.7 Å². The highest BCUT2D eigenvalue weighted by Gasteiger charge is 2.06. The van der Waals surface area contributed by atoms with Crippen LogP contribution < -0.4 is 5.73 Å². The number of thioether (sulfide) groups is 1. The van der Waals surface area contributed by atoms with Crippen molar-refractivity contribution in [2.45, 2.75) is 10.6 Å². The molecule has 2 aromatic rings. The fourth-order valence-corrected chi connectivity index (χ4v) is 2.61. The van der Waals surface area contributed by atoms with Gasteiger partial charge in [-0.05, 0) is 11.6 Å². The van der Waals surface area contributed by atoms with Gasteiger partial charge in [0.05, 0.1) is 0 Å². The molecule has 0 amide bonds. The van der Waals surface area contributed by atoms with Gasteiger partial charge < -0.3 is 10.9 Å². The van der Waals surface area contributed by atoms with Crippen LogP contribution in [0, 0.1) is 0 Å². The highest BCUT2D eigenvalue weighted by molar-refractivity contribution is 7.98. The third kappa shape index (κ3) is 3.05. The van der Waals surface area contributed by atoms with Crippen LogP contribution in [0.1, 0.15) is 11.1 Å². The Kier molecular flexibility index (Phi) is 4.25. The van der Waals surface area contributed by atoms with Crippen LogP contribution in [-0.4, -0.2) is 11.0 Å². The SMILES string of the molecule is N/C(=N\O)c1ccccc1SCc1ccccc1. The zero-order chi connectivity index (χ0) is 12.8. The van der Waals surface area contributed by atoms with E-state index in [4.69, 9.17) is 10.9 Å². The molecule has 0 saturated carbocycles. The summed E-state index contributed by atoms with van der Waals surface area (Å²) in [6.45, 7) is 0. The van der Waals surface area contributed by atoms with Crippen molar-refractivity contribution in [2.24, 2.45) is 10.9 Å². The molecule has 0 heterocycles. The quantitative estimate of drug-likeness (QED) is 0.291. The summed E-state index contributed by atoms with van der Waals surface area (Å²) in [7, 11) is 0. The fourth-order valence-electron chi connectivity index (χ4n) is 1.59. The molecule has 0 aliphatic heterocycles. The molecular weight excluding hydrogens is 244 g/mol. The lowest BCUT2D eigenvalue weighted by atomic mass is 10.2. The van der Waals surface area contributed by atoms with Gasteiger partial charge in [-0.2, -0.15) is 0 Å². The third-order valence-corrected chi connectivity index (χ3v) is 3.65. The van der Waals surface area contributed by atoms with Gasteiger partial charge in [-0.25, -0.2) is 0 Å². The first-order valence-corrected chi connectivity index (χ1v) is 6.53. The summed E-state index contributed by atoms with van der Waals surface area (Å²) < 4.78 is 0. The van der Waals surface area contributed by atoms with Crippen molar-refractivity contribution in [2.75, 3.05) is 0 Å². The minimum atomic E-state index is 0.145. The Labute approximate surface area is 110 Å². The van der Waals surface area contributed by atoms with Gasteiger partial charge in [-0.15, -0.1) is 11.8 Å². The van der Waals surface area contributed by atoms with Gasteiger partial charge in [0.15, 0.2) is 5.84 Å². The maximum absolute atomic E-state index is 8.75. The summed E-state index contributed by atoms with van der Waals surface area (Å²) in [5.74, 6) is 1.00. The minimum Gasteiger partial charge on any atom is -0.409 e. The second kappa shape index (κ2) is 6.12. The molecule has 92 valence electrons. The van der Waals surface area contributed by atoms with Crippen LogP contribution >= 0.6 is 11.8 Å². The topological polar surface area (TPSA) is 58.6 Å². The largest absolute Gasteiger partial charge is 0.409 e. The molecule has 4 heteroatoms. The Morgan fingerprint density at radius 2 is 1.72 bits per heavy atom. The Morgan fingerprint density at radius 3 is 2.44 bits per heavy atom. The number of amidine groups is 1. The Morgan fingerprint density at radius 1 is 1.06 bits per heavy atom. The Hall–Kier alpha value is -1.94. The number of hydrogen-bond acceptors (Lipinski definition) is 3. The van der Waals surface area contributed by atoms with Crippen LogP contribution in [0.2, 0.25) is 0 Å². The molecule has 0 fully saturated rings. The Balaban J connectivity index is 2.15. The normalized spacial score (nSPS) is 11.4. The van der Waals surface area contributed by atoms with E-state index >= 15 is 0 Å². The van der Waals surface area contributed by atoms with E-state index < -0.39 is 0 Å². The average Bonchev–Trinajstić information content (AvgIpc) is 2.45. The first kappa shape index (κ1) is 12.5. The number of nitrogens with zero attached hydrogens (tertiary/aromatic N) is 1. The molecule has 18 heavy (non-hydrogen) atoms. The number of benzene rings is 2. The Bertz CT molecular complexity index is 541. The molecular formula is C14H14N2OS. The van der Waals surface area contributed by atoms with Crippen molar-refractivity contribution in [1.82, 2.24) is 0 Å². The van der Waals surface area contributed by atoms with Crippen molar-refractivity contribution < 1.29 is 5.21 Å². The highest BCUT2D eigenvalue weighted by Crippen LogP contribution is 2.26. The maximum atomic E-state index is 8.75. The number of rotatable bonds is 4. The van der Waals surface area contributed by atoms with Crippen LogP contribution in [0.15, 0.2) is 64.6 Å². The van der Waals surface area contributed by atoms with E-state index in [2.05, 4.69) is 17.3 Å². The van der Waals surface area contributed by atoms with Gasteiger partial charge in [-0.1, -0.05) is 53.7 Å². The zero-order valence-electron chi connectivity index (χ0n) is 9.78. The minimum absolute atomic E-state index is 0.145. The van der Waals surface area contributed by atoms with E-state index in [0.717, 1.165) is 16.2 Å². The van der Waals surface area contributed by atoms with E-state index in [0.29, 0.717) is 0 Å². The predicted molar refractivity (Wildman–Crippen MR) is 75.0 cm³/mol. The molecule has 0 bridgehead atoms. The molecule has 0 aliphatic carbocycles. The van der Waals surface area contributed by atoms with Gasteiger partial charge >= 0.3 is 0 Å². The fraction of sp³-hybridized carbons (Fsp3) is 0.0714. The van der Waals surface area contributed by atoms with Crippen LogP contribution in [-0.2, 0) is 5.75 Å². The molecule has 0 spiro atoms. The summed E-state index contributed by atoms with van der Waals surface area (Å²) in [4.78, 5) is 1.01. The van der Waals surface area contributed by atoms with Gasteiger partial charge in [0, 0.05) is 16.2 Å². The smallest absolute Gasteiger partial charge is 0.171 e. The number of nitrogens with two attached hydrogens (primary N) is 1. The number of hydrogen-bond donors (Lipinski definition) is 2. The van der Waals surface area contributed by atoms with Gasteiger partial charge in [0.2, 0.25) is 0 Å². The summed E-state index contributed by atoms with van der Waals surface area (Å²) in [5.41, 5.74) is 7.66. The lowest BCUT2D eigenvalue weighted by Gasteiger charge is -2.07. The molecule has 2 rings (SSSR count). The van der Waals surface area contributed by atoms with Gasteiger partial charge in [0.25, 0.3) is 0 Å². The van der Waals surface area contributed by atoms with E-state index in [1.54, 1.807) is 11.8 Å². The summed E-state index contributed by atoms with van der Waals surface area (Å²) in [5, 5.41) is 11.8. The van der Waals surface area contributed by atoms with Crippen molar-refractivity contribution >= 4 is 17.6 Å². The van der Waals surface area contributed by atoms with E-state index in [9.17, 15) is 0 Å². The van der Waals surface area contributed by atoms with E-state index in [-0.39, 0.29) is 5.84 Å². The lowest BCUT2D eigenvalue weighted by Crippen LogP contribution is -2.14. The van der Waals surface area contributed by atoms with Crippen molar-refractivity contribution in [1.29, 1.82) is 0 Å². The summed E-state index contributed by atoms with van der Waals surface area (Å²) in [6.07, 6.45) is 0. The summed E-state index contributed by atoms with van der Waals surface area (Å²) >= 11 is 1.67. The van der Waals surface area contributed by atoms with Crippen LogP contribution in [0.25, 0.3) is 0 Å². The van der Waals surface area contributed by atoms with Gasteiger partial charge in [0.1, 0.15) is 0 Å². The van der Waals surface area contributed by atoms with E-state index in [1.165, 1.54) is 5.56 Å². The molecule has 0 atom stereocenters. The van der Waals surface area contributed by atoms with Crippen LogP contribution in [0.4, 0.5) is 0 Å². The third-order valence-electron chi connectivity index (χ3n) is 2.51. The number of oxime groups is 1. The molecule has 0 saturated heterocycles. The monoisotopic (exact) mass is 258 g/mol. The molecule has 0 aliphatic rings. The first-order chi connectivity index (χ1) is 8.81. The summed E-state index contributed by atoms with van der Waals surface area (Å²) in [6, 6.07) is 17.8. The molecule has 2 aromatic carbocycles. The van der Waals surface area contributed by atoms with Crippen LogP contribution in [0.3, 0.4) is 0 Å². The highest BCUT2D eigenvalue weighted by atomic mass is 32.2. The standard InChI is InChI=1S/C14H14N2OS/c15-14(16-17)12-8-4-5-9-13(12)18-10-11-6-2-1-3-7-11/h1-9,17H,10H2,(H2,15,16). The lowest BCUT2D eigenvalue weighted by molar-refractivity contribution is 0.318. The van der Waals surface area contributed by atoms with E-state index in [1.807, 2.05) is 42.5 Å². The van der Waals surface area contributed by atoms with Gasteiger partial charge in [-0.3, -0.25) is 0 Å². The molecule has 0 radical (unpaired) electrons.